The summed E-state index contributed by atoms with van der Waals surface area (Å²) in [6.45, 7) is 7.05. The van der Waals surface area contributed by atoms with Gasteiger partial charge in [-0.3, -0.25) is 20.4 Å². The minimum atomic E-state index is -0.824. The van der Waals surface area contributed by atoms with E-state index in [2.05, 4.69) is 16.2 Å². The van der Waals surface area contributed by atoms with Gasteiger partial charge in [-0.1, -0.05) is 20.3 Å². The topological polar surface area (TPSA) is 126 Å². The Labute approximate surface area is 128 Å². The molecule has 0 spiro atoms. The first-order valence-corrected chi connectivity index (χ1v) is 6.99. The van der Waals surface area contributed by atoms with Crippen LogP contribution >= 0.6 is 0 Å². The molecule has 0 aliphatic heterocycles. The maximum atomic E-state index is 12.1. The minimum absolute atomic E-state index is 0.137. The highest BCUT2D eigenvalue weighted by atomic mass is 16.3. The Hall–Kier alpha value is -2.51. The number of urea groups is 1. The summed E-state index contributed by atoms with van der Waals surface area (Å²) >= 11 is 0. The summed E-state index contributed by atoms with van der Waals surface area (Å²) in [5.74, 6) is -0.119. The molecule has 8 nitrogen and oxygen atoms in total. The van der Waals surface area contributed by atoms with Crippen LogP contribution in [0.4, 0.5) is 4.79 Å². The number of primary amides is 1. The summed E-state index contributed by atoms with van der Waals surface area (Å²) in [7, 11) is 0. The maximum absolute atomic E-state index is 12.1. The fourth-order valence-corrected chi connectivity index (χ4v) is 1.97. The van der Waals surface area contributed by atoms with Gasteiger partial charge < -0.3 is 15.5 Å². The first-order valence-electron chi connectivity index (χ1n) is 6.99. The van der Waals surface area contributed by atoms with Crippen molar-refractivity contribution < 1.29 is 18.8 Å². The molecule has 1 rings (SSSR count). The van der Waals surface area contributed by atoms with E-state index in [0.29, 0.717) is 23.5 Å². The molecular formula is C14H22N4O4. The van der Waals surface area contributed by atoms with Crippen molar-refractivity contribution in [2.24, 2.45) is 11.7 Å². The van der Waals surface area contributed by atoms with Gasteiger partial charge in [0.25, 0.3) is 11.8 Å². The van der Waals surface area contributed by atoms with E-state index in [1.165, 1.54) is 0 Å². The van der Waals surface area contributed by atoms with Crippen LogP contribution in [0.1, 0.15) is 42.1 Å². The van der Waals surface area contributed by atoms with Crippen molar-refractivity contribution in [2.45, 2.75) is 40.2 Å². The largest absolute Gasteiger partial charge is 0.466 e. The zero-order chi connectivity index (χ0) is 16.9. The summed E-state index contributed by atoms with van der Waals surface area (Å²) in [4.78, 5) is 35.0. The average Bonchev–Trinajstić information content (AvgIpc) is 2.79. The highest BCUT2D eigenvalue weighted by Crippen LogP contribution is 2.13. The van der Waals surface area contributed by atoms with Gasteiger partial charge in [-0.25, -0.2) is 4.79 Å². The lowest BCUT2D eigenvalue weighted by Gasteiger charge is -2.22. The van der Waals surface area contributed by atoms with Gasteiger partial charge in [-0.15, -0.1) is 0 Å². The van der Waals surface area contributed by atoms with E-state index < -0.39 is 23.9 Å². The number of rotatable bonds is 5. The smallest absolute Gasteiger partial charge is 0.312 e. The van der Waals surface area contributed by atoms with Crippen LogP contribution in [0.5, 0.6) is 0 Å². The van der Waals surface area contributed by atoms with E-state index in [1.807, 2.05) is 6.92 Å². The third-order valence-electron chi connectivity index (χ3n) is 3.38. The second-order valence-electron chi connectivity index (χ2n) is 5.14. The maximum Gasteiger partial charge on any atom is 0.312 e. The Kier molecular flexibility index (Phi) is 5.97. The molecule has 2 atom stereocenters. The Morgan fingerprint density at radius 2 is 1.91 bits per heavy atom. The van der Waals surface area contributed by atoms with Gasteiger partial charge in [0.1, 0.15) is 17.6 Å². The normalized spacial score (nSPS) is 13.1. The number of hydrazine groups is 1. The Morgan fingerprint density at radius 1 is 1.27 bits per heavy atom. The van der Waals surface area contributed by atoms with Crippen LogP contribution in [-0.4, -0.2) is 23.9 Å². The second-order valence-corrected chi connectivity index (χ2v) is 5.14. The van der Waals surface area contributed by atoms with Crippen LogP contribution in [0.25, 0.3) is 0 Å². The standard InChI is InChI=1S/C14H22N4O4/c1-5-7(2)11(16-14(15)21)13(20)18-17-12(19)10-6-8(3)22-9(10)4/h6-7,11H,5H2,1-4H3,(H,17,19)(H,18,20)(H3,15,16,21)/t7-,11+/m1/s1. The lowest BCUT2D eigenvalue weighted by Crippen LogP contribution is -2.55. The van der Waals surface area contributed by atoms with Gasteiger partial charge in [0.2, 0.25) is 0 Å². The van der Waals surface area contributed by atoms with Crippen molar-refractivity contribution in [3.05, 3.63) is 23.2 Å². The van der Waals surface area contributed by atoms with E-state index in [1.54, 1.807) is 26.8 Å². The van der Waals surface area contributed by atoms with Crippen molar-refractivity contribution in [2.75, 3.05) is 0 Å². The van der Waals surface area contributed by atoms with Crippen molar-refractivity contribution in [3.63, 3.8) is 0 Å². The van der Waals surface area contributed by atoms with Gasteiger partial charge in [0, 0.05) is 0 Å². The summed E-state index contributed by atoms with van der Waals surface area (Å²) < 4.78 is 5.25. The van der Waals surface area contributed by atoms with Gasteiger partial charge in [-0.2, -0.15) is 0 Å². The van der Waals surface area contributed by atoms with Crippen molar-refractivity contribution in [1.29, 1.82) is 0 Å². The second kappa shape index (κ2) is 7.48. The minimum Gasteiger partial charge on any atom is -0.466 e. The van der Waals surface area contributed by atoms with E-state index >= 15 is 0 Å². The highest BCUT2D eigenvalue weighted by Gasteiger charge is 2.25. The van der Waals surface area contributed by atoms with Crippen LogP contribution in [0.15, 0.2) is 10.5 Å². The third kappa shape index (κ3) is 4.51. The van der Waals surface area contributed by atoms with Crippen molar-refractivity contribution >= 4 is 17.8 Å². The molecule has 1 aromatic rings. The summed E-state index contributed by atoms with van der Waals surface area (Å²) in [6, 6.07) is -0.0481. The molecule has 22 heavy (non-hydrogen) atoms. The number of nitrogens with two attached hydrogens (primary N) is 1. The molecule has 4 amide bonds. The molecule has 0 saturated heterocycles. The molecule has 0 aliphatic rings. The molecule has 0 saturated carbocycles. The molecule has 122 valence electrons. The van der Waals surface area contributed by atoms with E-state index in [0.717, 1.165) is 0 Å². The van der Waals surface area contributed by atoms with E-state index in [-0.39, 0.29) is 5.92 Å². The first kappa shape index (κ1) is 17.5. The van der Waals surface area contributed by atoms with Crippen LogP contribution in [-0.2, 0) is 4.79 Å². The number of nitrogens with one attached hydrogen (secondary N) is 3. The van der Waals surface area contributed by atoms with E-state index in [9.17, 15) is 14.4 Å². The summed E-state index contributed by atoms with van der Waals surface area (Å²) in [5.41, 5.74) is 9.98. The number of furan rings is 1. The Morgan fingerprint density at radius 3 is 2.36 bits per heavy atom. The Balaban J connectivity index is 2.68. The van der Waals surface area contributed by atoms with Gasteiger partial charge in [0.05, 0.1) is 5.56 Å². The molecule has 0 radical (unpaired) electrons. The number of carbonyl (C=O) groups excluding carboxylic acids is 3. The molecule has 8 heteroatoms. The van der Waals surface area contributed by atoms with Crippen molar-refractivity contribution in [1.82, 2.24) is 16.2 Å². The zero-order valence-electron chi connectivity index (χ0n) is 13.1. The number of amides is 4. The van der Waals surface area contributed by atoms with Crippen LogP contribution < -0.4 is 21.9 Å². The highest BCUT2D eigenvalue weighted by molar-refractivity contribution is 5.97. The van der Waals surface area contributed by atoms with Crippen LogP contribution in [0, 0.1) is 19.8 Å². The molecule has 0 aromatic carbocycles. The summed E-state index contributed by atoms with van der Waals surface area (Å²) in [6.07, 6.45) is 0.659. The van der Waals surface area contributed by atoms with Crippen molar-refractivity contribution in [3.8, 4) is 0 Å². The molecule has 0 bridgehead atoms. The van der Waals surface area contributed by atoms with Gasteiger partial charge in [0.15, 0.2) is 0 Å². The number of carbonyl (C=O) groups is 3. The predicted octanol–water partition coefficient (Wildman–Crippen LogP) is 0.740. The molecule has 1 aromatic heterocycles. The quantitative estimate of drug-likeness (QED) is 0.598. The number of aryl methyl sites for hydroxylation is 2. The lowest BCUT2D eigenvalue weighted by molar-refractivity contribution is -0.124. The molecule has 1 heterocycles. The molecule has 0 fully saturated rings. The average molecular weight is 310 g/mol. The van der Waals surface area contributed by atoms with Crippen LogP contribution in [0.2, 0.25) is 0 Å². The van der Waals surface area contributed by atoms with E-state index in [4.69, 9.17) is 10.2 Å². The van der Waals surface area contributed by atoms with Gasteiger partial charge in [-0.05, 0) is 25.8 Å². The zero-order valence-corrected chi connectivity index (χ0v) is 13.1. The predicted molar refractivity (Wildman–Crippen MR) is 79.8 cm³/mol. The molecule has 5 N–H and O–H groups in total. The molecular weight excluding hydrogens is 288 g/mol. The first-order chi connectivity index (χ1) is 10.3. The van der Waals surface area contributed by atoms with Gasteiger partial charge >= 0.3 is 6.03 Å². The number of hydrogen-bond donors (Lipinski definition) is 4. The molecule has 0 unspecified atom stereocenters. The number of hydrogen-bond acceptors (Lipinski definition) is 4. The van der Waals surface area contributed by atoms with Crippen LogP contribution in [0.3, 0.4) is 0 Å². The third-order valence-corrected chi connectivity index (χ3v) is 3.38. The Bertz CT molecular complexity index is 567. The SMILES string of the molecule is CC[C@@H](C)[C@H](NC(N)=O)C(=O)NNC(=O)c1cc(C)oc1C. The monoisotopic (exact) mass is 310 g/mol. The fraction of sp³-hybridized carbons (Fsp3) is 0.500. The molecule has 0 aliphatic carbocycles. The summed E-state index contributed by atoms with van der Waals surface area (Å²) in [5, 5.41) is 2.37. The lowest BCUT2D eigenvalue weighted by atomic mass is 9.99. The fourth-order valence-electron chi connectivity index (χ4n) is 1.97.